The van der Waals surface area contributed by atoms with Crippen LogP contribution in [0, 0.1) is 6.92 Å². The van der Waals surface area contributed by atoms with Crippen LogP contribution in [0.15, 0.2) is 258 Å². The van der Waals surface area contributed by atoms with Gasteiger partial charge in [-0.3, -0.25) is 0 Å². The maximum Gasteiger partial charge on any atom is 0.416 e. The van der Waals surface area contributed by atoms with Gasteiger partial charge in [0.15, 0.2) is 11.2 Å². The summed E-state index contributed by atoms with van der Waals surface area (Å²) >= 11 is 0. The van der Waals surface area contributed by atoms with Crippen LogP contribution in [-0.4, -0.2) is 4.57 Å². The van der Waals surface area contributed by atoms with Gasteiger partial charge in [0.25, 0.3) is 0 Å². The Kier molecular flexibility index (Phi) is 12.4. The van der Waals surface area contributed by atoms with Gasteiger partial charge in [-0.15, -0.1) is 0 Å². The van der Waals surface area contributed by atoms with Gasteiger partial charge in [-0.05, 0) is 173 Å². The number of hydrogen-bond acceptors (Lipinski definition) is 4. The molecule has 4 heterocycles. The Balaban J connectivity index is 0.924. The van der Waals surface area contributed by atoms with Crippen LogP contribution >= 0.6 is 0 Å². The molecule has 1 atom stereocenters. The van der Waals surface area contributed by atoms with Gasteiger partial charge in [-0.2, -0.15) is 13.2 Å². The van der Waals surface area contributed by atoms with Crippen LogP contribution in [0.25, 0.3) is 104 Å². The summed E-state index contributed by atoms with van der Waals surface area (Å²) in [5.74, 6) is 0.803. The van der Waals surface area contributed by atoms with Crippen molar-refractivity contribution in [2.75, 3.05) is 9.80 Å². The molecule has 8 heteroatoms. The fourth-order valence-corrected chi connectivity index (χ4v) is 18.4. The molecular weight excluding hydrogens is 1200 g/mol. The summed E-state index contributed by atoms with van der Waals surface area (Å²) in [5.41, 5.74) is 20.4. The molecule has 2 saturated carbocycles. The van der Waals surface area contributed by atoms with Crippen LogP contribution < -0.4 is 9.80 Å². The molecule has 0 radical (unpaired) electrons. The summed E-state index contributed by atoms with van der Waals surface area (Å²) in [6.07, 6.45) is 7.26. The SMILES string of the molecule is Cc1ccc(N(c2cc3c(c4ccccc24)-c2c(cc(N(c4ccc(C(F)(F)F)cc4)c4cccc5c4oc4c(C6CCCCC6)cccc45)c4ccccc24)C32c3ccccc3-n3c4ccccc4c4cccc2c43)c2cccc3c2oc2c(C4CCCCC4)cccc23)cc1. The number of furan rings is 2. The zero-order valence-electron chi connectivity index (χ0n) is 53.7. The largest absolute Gasteiger partial charge is 0.454 e. The number of para-hydroxylation sites is 7. The first-order chi connectivity index (χ1) is 47.7. The lowest BCUT2D eigenvalue weighted by Crippen LogP contribution is -2.34. The molecule has 97 heavy (non-hydrogen) atoms. The molecule has 470 valence electrons. The van der Waals surface area contributed by atoms with E-state index in [2.05, 4.69) is 246 Å². The van der Waals surface area contributed by atoms with Gasteiger partial charge in [0.05, 0.1) is 50.4 Å². The second kappa shape index (κ2) is 21.3. The topological polar surface area (TPSA) is 37.7 Å². The van der Waals surface area contributed by atoms with E-state index in [1.807, 2.05) is 0 Å². The molecule has 2 fully saturated rings. The van der Waals surface area contributed by atoms with E-state index in [0.29, 0.717) is 23.1 Å². The van der Waals surface area contributed by atoms with Gasteiger partial charge in [0.1, 0.15) is 11.2 Å². The molecule has 1 unspecified atom stereocenters. The highest BCUT2D eigenvalue weighted by Crippen LogP contribution is 2.66. The van der Waals surface area contributed by atoms with Gasteiger partial charge < -0.3 is 23.2 Å². The number of rotatable bonds is 8. The molecule has 13 aromatic carbocycles. The lowest BCUT2D eigenvalue weighted by molar-refractivity contribution is -0.137. The van der Waals surface area contributed by atoms with Crippen LogP contribution in [0.3, 0.4) is 0 Å². The third kappa shape index (κ3) is 8.13. The van der Waals surface area contributed by atoms with Crippen molar-refractivity contribution in [3.05, 3.63) is 293 Å². The van der Waals surface area contributed by atoms with Crippen LogP contribution in [0.4, 0.5) is 47.3 Å². The first-order valence-corrected chi connectivity index (χ1v) is 34.7. The van der Waals surface area contributed by atoms with E-state index < -0.39 is 17.2 Å². The number of nitrogens with zero attached hydrogens (tertiary/aromatic N) is 3. The van der Waals surface area contributed by atoms with Crippen molar-refractivity contribution in [2.24, 2.45) is 0 Å². The Hall–Kier alpha value is -10.8. The van der Waals surface area contributed by atoms with Crippen LogP contribution in [0.5, 0.6) is 0 Å². The number of alkyl halides is 3. The molecule has 20 rings (SSSR count). The highest BCUT2D eigenvalue weighted by atomic mass is 19.4. The molecular formula is C89H66F3N3O2. The Labute approximate surface area is 559 Å². The van der Waals surface area contributed by atoms with Gasteiger partial charge >= 0.3 is 6.18 Å². The van der Waals surface area contributed by atoms with Crippen molar-refractivity contribution < 1.29 is 22.0 Å². The van der Waals surface area contributed by atoms with Crippen molar-refractivity contribution >= 4 is 121 Å². The summed E-state index contributed by atoms with van der Waals surface area (Å²) in [5, 5.41) is 10.6. The molecule has 0 bridgehead atoms. The highest BCUT2D eigenvalue weighted by molar-refractivity contribution is 6.22. The number of anilines is 6. The predicted molar refractivity (Wildman–Crippen MR) is 392 cm³/mol. The van der Waals surface area contributed by atoms with E-state index >= 15 is 0 Å². The Bertz CT molecular complexity index is 5940. The minimum Gasteiger partial charge on any atom is -0.454 e. The maximum atomic E-state index is 14.9. The lowest BCUT2D eigenvalue weighted by atomic mass is 9.65. The molecule has 0 saturated heterocycles. The Morgan fingerprint density at radius 2 is 0.794 bits per heavy atom. The predicted octanol–water partition coefficient (Wildman–Crippen LogP) is 25.9. The zero-order chi connectivity index (χ0) is 64.4. The number of hydrogen-bond donors (Lipinski definition) is 0. The molecule has 1 aliphatic heterocycles. The quantitative estimate of drug-likeness (QED) is 0.152. The summed E-state index contributed by atoms with van der Waals surface area (Å²) in [7, 11) is 0. The van der Waals surface area contributed by atoms with Crippen molar-refractivity contribution in [2.45, 2.75) is 94.6 Å². The van der Waals surface area contributed by atoms with Crippen molar-refractivity contribution in [1.29, 1.82) is 0 Å². The minimum atomic E-state index is -4.55. The molecule has 4 aliphatic rings. The summed E-state index contributed by atoms with van der Waals surface area (Å²) in [4.78, 5) is 4.65. The first kappa shape index (κ1) is 56.5. The molecule has 16 aromatic rings. The van der Waals surface area contributed by atoms with E-state index in [-0.39, 0.29) is 0 Å². The Morgan fingerprint density at radius 1 is 0.371 bits per heavy atom. The summed E-state index contributed by atoms with van der Waals surface area (Å²) in [6.45, 7) is 2.15. The third-order valence-electron chi connectivity index (χ3n) is 22.6. The standard InChI is InChI=1S/C89H66F3N3O2/c1-53-43-47-57(48-44-53)93(77-41-19-35-69-67-33-16-30-59(84(67)96-86(69)77)54-21-4-2-5-22-54)79-51-73-81(64-28-10-8-25-61(64)79)82-65-29-11-9-26-62(65)80(52-74(82)88(73)71-37-13-15-40-76(71)95-75-39-14-12-27-63(75)66-32-18-38-72(88)83(66)95)94(58-49-45-56(46-50-58)89(90,91)92)78-42-20-36-70-68-34-17-31-60(85(68)97-87(70)78)55-23-6-3-7-24-55/h8-20,25-52,54-55H,2-7,21-24H2,1H3. The lowest BCUT2D eigenvalue weighted by Gasteiger charge is -2.40. The molecule has 0 amide bonds. The number of fused-ring (bicyclic) bond motifs is 22. The van der Waals surface area contributed by atoms with Gasteiger partial charge in [-0.25, -0.2) is 0 Å². The van der Waals surface area contributed by atoms with E-state index in [4.69, 9.17) is 8.83 Å². The van der Waals surface area contributed by atoms with Crippen LogP contribution in [0.1, 0.15) is 121 Å². The fraction of sp³-hybridized carbons (Fsp3) is 0.169. The van der Waals surface area contributed by atoms with E-state index in [9.17, 15) is 13.2 Å². The number of halogens is 3. The molecule has 0 N–H and O–H groups in total. The normalized spacial score (nSPS) is 16.4. The first-order valence-electron chi connectivity index (χ1n) is 34.7. The van der Waals surface area contributed by atoms with Gasteiger partial charge in [-0.1, -0.05) is 220 Å². The van der Waals surface area contributed by atoms with Crippen molar-refractivity contribution in [3.63, 3.8) is 0 Å². The summed E-state index contributed by atoms with van der Waals surface area (Å²) < 4.78 is 62.1. The Morgan fingerprint density at radius 3 is 1.33 bits per heavy atom. The highest BCUT2D eigenvalue weighted by Gasteiger charge is 2.53. The summed E-state index contributed by atoms with van der Waals surface area (Å²) in [6, 6.07) is 88.2. The van der Waals surface area contributed by atoms with Crippen molar-refractivity contribution in [3.8, 4) is 16.8 Å². The smallest absolute Gasteiger partial charge is 0.416 e. The number of benzene rings is 13. The average Bonchev–Trinajstić information content (AvgIpc) is 1.51. The van der Waals surface area contributed by atoms with Crippen LogP contribution in [-0.2, 0) is 11.6 Å². The van der Waals surface area contributed by atoms with Crippen LogP contribution in [0.2, 0.25) is 0 Å². The third-order valence-corrected chi connectivity index (χ3v) is 22.6. The molecule has 3 aromatic heterocycles. The number of aryl methyl sites for hydroxylation is 1. The number of aromatic nitrogens is 1. The average molecular weight is 1270 g/mol. The molecule has 5 nitrogen and oxygen atoms in total. The monoisotopic (exact) mass is 1270 g/mol. The molecule has 1 spiro atoms. The molecule has 3 aliphatic carbocycles. The van der Waals surface area contributed by atoms with E-state index in [0.717, 1.165) is 175 Å². The van der Waals surface area contributed by atoms with Gasteiger partial charge in [0.2, 0.25) is 0 Å². The minimum absolute atomic E-state index is 0.367. The fourth-order valence-electron chi connectivity index (χ4n) is 18.4. The second-order valence-corrected chi connectivity index (χ2v) is 27.7. The van der Waals surface area contributed by atoms with E-state index in [1.54, 1.807) is 12.1 Å². The van der Waals surface area contributed by atoms with E-state index in [1.165, 1.54) is 67.2 Å². The van der Waals surface area contributed by atoms with Crippen molar-refractivity contribution in [1.82, 2.24) is 4.57 Å². The van der Waals surface area contributed by atoms with Gasteiger partial charge in [0, 0.05) is 54.5 Å². The maximum absolute atomic E-state index is 14.9. The zero-order valence-corrected chi connectivity index (χ0v) is 53.7. The second-order valence-electron chi connectivity index (χ2n) is 27.7.